The molecule has 0 saturated heterocycles. The summed E-state index contributed by atoms with van der Waals surface area (Å²) in [5, 5.41) is 0. The topological polar surface area (TPSA) is 46.3 Å². The summed E-state index contributed by atoms with van der Waals surface area (Å²) in [4.78, 5) is 12.9. The maximum Gasteiger partial charge on any atom is 0.225 e. The van der Waals surface area contributed by atoms with Crippen LogP contribution in [0.15, 0.2) is 0 Å². The number of amides is 1. The summed E-state index contributed by atoms with van der Waals surface area (Å²) in [6, 6.07) is 0. The van der Waals surface area contributed by atoms with Gasteiger partial charge in [-0.15, -0.1) is 6.42 Å². The van der Waals surface area contributed by atoms with E-state index in [9.17, 15) is 4.79 Å². The van der Waals surface area contributed by atoms with Gasteiger partial charge in [-0.05, 0) is 13.0 Å². The number of nitrogens with zero attached hydrogens (tertiary/aromatic N) is 1. The zero-order valence-electron chi connectivity index (χ0n) is 7.71. The van der Waals surface area contributed by atoms with E-state index in [0.29, 0.717) is 19.5 Å². The van der Waals surface area contributed by atoms with Crippen molar-refractivity contribution in [2.75, 3.05) is 20.1 Å². The second kappa shape index (κ2) is 5.62. The standard InChI is InChI=1S/C9H16N2O/c1-4-7-11(3)9(12)8(2)5-6-10/h1,8H,5-7,10H2,2-3H3. The van der Waals surface area contributed by atoms with E-state index in [1.54, 1.807) is 11.9 Å². The average molecular weight is 168 g/mol. The van der Waals surface area contributed by atoms with Crippen LogP contribution in [0.5, 0.6) is 0 Å². The number of rotatable bonds is 4. The van der Waals surface area contributed by atoms with E-state index in [1.807, 2.05) is 6.92 Å². The highest BCUT2D eigenvalue weighted by Crippen LogP contribution is 2.03. The van der Waals surface area contributed by atoms with Gasteiger partial charge in [0.15, 0.2) is 0 Å². The number of terminal acetylenes is 1. The maximum absolute atomic E-state index is 11.4. The summed E-state index contributed by atoms with van der Waals surface area (Å²) in [5.41, 5.74) is 5.33. The van der Waals surface area contributed by atoms with Gasteiger partial charge in [-0.25, -0.2) is 0 Å². The Kier molecular flexibility index (Phi) is 5.14. The lowest BCUT2D eigenvalue weighted by molar-refractivity contribution is -0.133. The van der Waals surface area contributed by atoms with Crippen molar-refractivity contribution in [3.05, 3.63) is 0 Å². The van der Waals surface area contributed by atoms with E-state index < -0.39 is 0 Å². The fourth-order valence-corrected chi connectivity index (χ4v) is 0.965. The minimum atomic E-state index is -0.0200. The molecule has 1 amide bonds. The van der Waals surface area contributed by atoms with Gasteiger partial charge in [0.1, 0.15) is 0 Å². The molecule has 1 unspecified atom stereocenters. The zero-order chi connectivity index (χ0) is 9.56. The van der Waals surface area contributed by atoms with E-state index >= 15 is 0 Å². The molecule has 0 aromatic carbocycles. The lowest BCUT2D eigenvalue weighted by atomic mass is 10.1. The van der Waals surface area contributed by atoms with Gasteiger partial charge in [0.25, 0.3) is 0 Å². The van der Waals surface area contributed by atoms with E-state index in [-0.39, 0.29) is 11.8 Å². The molecule has 3 nitrogen and oxygen atoms in total. The van der Waals surface area contributed by atoms with Gasteiger partial charge in [0.2, 0.25) is 5.91 Å². The van der Waals surface area contributed by atoms with Crippen molar-refractivity contribution >= 4 is 5.91 Å². The third-order valence-electron chi connectivity index (χ3n) is 1.73. The number of nitrogens with two attached hydrogens (primary N) is 1. The van der Waals surface area contributed by atoms with Crippen molar-refractivity contribution in [1.29, 1.82) is 0 Å². The number of carbonyl (C=O) groups is 1. The SMILES string of the molecule is C#CCN(C)C(=O)C(C)CCN. The first kappa shape index (κ1) is 11.0. The molecule has 68 valence electrons. The van der Waals surface area contributed by atoms with Gasteiger partial charge in [0, 0.05) is 13.0 Å². The molecule has 0 aliphatic heterocycles. The van der Waals surface area contributed by atoms with Gasteiger partial charge in [-0.2, -0.15) is 0 Å². The van der Waals surface area contributed by atoms with Crippen molar-refractivity contribution in [2.45, 2.75) is 13.3 Å². The molecule has 0 aromatic rings. The molecule has 0 radical (unpaired) electrons. The third kappa shape index (κ3) is 3.40. The fraction of sp³-hybridized carbons (Fsp3) is 0.667. The Balaban J connectivity index is 3.93. The first-order valence-electron chi connectivity index (χ1n) is 4.02. The molecular weight excluding hydrogens is 152 g/mol. The van der Waals surface area contributed by atoms with Gasteiger partial charge in [-0.3, -0.25) is 4.79 Å². The highest BCUT2D eigenvalue weighted by molar-refractivity contribution is 5.78. The monoisotopic (exact) mass is 168 g/mol. The Bertz CT molecular complexity index is 183. The van der Waals surface area contributed by atoms with Gasteiger partial charge >= 0.3 is 0 Å². The smallest absolute Gasteiger partial charge is 0.225 e. The van der Waals surface area contributed by atoms with E-state index in [0.717, 1.165) is 0 Å². The largest absolute Gasteiger partial charge is 0.334 e. The van der Waals surface area contributed by atoms with E-state index in [2.05, 4.69) is 5.92 Å². The summed E-state index contributed by atoms with van der Waals surface area (Å²) < 4.78 is 0. The minimum Gasteiger partial charge on any atom is -0.334 e. The highest BCUT2D eigenvalue weighted by atomic mass is 16.2. The quantitative estimate of drug-likeness (QED) is 0.603. The Morgan fingerprint density at radius 3 is 2.75 bits per heavy atom. The van der Waals surface area contributed by atoms with Crippen LogP contribution in [0.4, 0.5) is 0 Å². The van der Waals surface area contributed by atoms with Crippen LogP contribution in [0, 0.1) is 18.3 Å². The van der Waals surface area contributed by atoms with Crippen molar-refractivity contribution < 1.29 is 4.79 Å². The number of carbonyl (C=O) groups excluding carboxylic acids is 1. The Labute approximate surface area is 73.9 Å². The van der Waals surface area contributed by atoms with Crippen LogP contribution < -0.4 is 5.73 Å². The molecule has 0 aliphatic carbocycles. The van der Waals surface area contributed by atoms with Gasteiger partial charge in [0.05, 0.1) is 6.54 Å². The second-order valence-corrected chi connectivity index (χ2v) is 2.88. The molecule has 0 spiro atoms. The Morgan fingerprint density at radius 1 is 1.75 bits per heavy atom. The first-order valence-corrected chi connectivity index (χ1v) is 4.02. The highest BCUT2D eigenvalue weighted by Gasteiger charge is 2.15. The normalized spacial score (nSPS) is 11.8. The summed E-state index contributed by atoms with van der Waals surface area (Å²) >= 11 is 0. The van der Waals surface area contributed by atoms with Crippen LogP contribution >= 0.6 is 0 Å². The maximum atomic E-state index is 11.4. The molecule has 0 saturated carbocycles. The van der Waals surface area contributed by atoms with Crippen LogP contribution in [-0.4, -0.2) is 30.9 Å². The first-order chi connectivity index (χ1) is 5.63. The molecule has 0 aromatic heterocycles. The van der Waals surface area contributed by atoms with Crippen LogP contribution in [0.2, 0.25) is 0 Å². The second-order valence-electron chi connectivity index (χ2n) is 2.88. The molecule has 3 heteroatoms. The Hall–Kier alpha value is -1.01. The van der Waals surface area contributed by atoms with Crippen LogP contribution in [0.3, 0.4) is 0 Å². The molecule has 0 fully saturated rings. The summed E-state index contributed by atoms with van der Waals surface area (Å²) in [7, 11) is 1.70. The molecule has 2 N–H and O–H groups in total. The van der Waals surface area contributed by atoms with Crippen LogP contribution in [-0.2, 0) is 4.79 Å². The zero-order valence-corrected chi connectivity index (χ0v) is 7.71. The predicted octanol–water partition coefficient (Wildman–Crippen LogP) is 0.0629. The molecule has 0 aliphatic rings. The molecule has 0 heterocycles. The third-order valence-corrected chi connectivity index (χ3v) is 1.73. The molecule has 0 rings (SSSR count). The minimum absolute atomic E-state index is 0.0200. The van der Waals surface area contributed by atoms with E-state index in [1.165, 1.54) is 0 Å². The fourth-order valence-electron chi connectivity index (χ4n) is 0.965. The molecule has 0 bridgehead atoms. The van der Waals surface area contributed by atoms with Crippen molar-refractivity contribution in [1.82, 2.24) is 4.90 Å². The van der Waals surface area contributed by atoms with Gasteiger partial charge < -0.3 is 10.6 Å². The number of hydrogen-bond donors (Lipinski definition) is 1. The van der Waals surface area contributed by atoms with Crippen molar-refractivity contribution in [3.8, 4) is 12.3 Å². The molecular formula is C9H16N2O. The van der Waals surface area contributed by atoms with Gasteiger partial charge in [-0.1, -0.05) is 12.8 Å². The Morgan fingerprint density at radius 2 is 2.33 bits per heavy atom. The molecule has 12 heavy (non-hydrogen) atoms. The number of hydrogen-bond acceptors (Lipinski definition) is 2. The predicted molar refractivity (Wildman–Crippen MR) is 49.3 cm³/mol. The van der Waals surface area contributed by atoms with Crippen LogP contribution in [0.25, 0.3) is 0 Å². The molecule has 1 atom stereocenters. The van der Waals surface area contributed by atoms with E-state index in [4.69, 9.17) is 12.2 Å². The summed E-state index contributed by atoms with van der Waals surface area (Å²) in [6.45, 7) is 2.77. The van der Waals surface area contributed by atoms with Crippen LogP contribution in [0.1, 0.15) is 13.3 Å². The van der Waals surface area contributed by atoms with Crippen molar-refractivity contribution in [2.24, 2.45) is 11.7 Å². The summed E-state index contributed by atoms with van der Waals surface area (Å²) in [5.74, 6) is 2.47. The summed E-state index contributed by atoms with van der Waals surface area (Å²) in [6.07, 6.45) is 5.79. The lowest BCUT2D eigenvalue weighted by Crippen LogP contribution is -2.32. The lowest BCUT2D eigenvalue weighted by Gasteiger charge is -2.18. The van der Waals surface area contributed by atoms with Crippen molar-refractivity contribution in [3.63, 3.8) is 0 Å². The average Bonchev–Trinajstić information content (AvgIpc) is 2.04.